The fraction of sp³-hybridized carbons (Fsp3) is 0.364. The highest BCUT2D eigenvalue weighted by molar-refractivity contribution is 5.87. The van der Waals surface area contributed by atoms with Crippen LogP contribution < -0.4 is 10.2 Å². The molecule has 0 aromatic heterocycles. The van der Waals surface area contributed by atoms with E-state index in [1.165, 1.54) is 20.2 Å². The molecule has 0 radical (unpaired) electrons. The van der Waals surface area contributed by atoms with Gasteiger partial charge in [0.15, 0.2) is 11.9 Å². The van der Waals surface area contributed by atoms with Gasteiger partial charge < -0.3 is 4.90 Å². The minimum absolute atomic E-state index is 0.0546. The van der Waals surface area contributed by atoms with Gasteiger partial charge in [0.2, 0.25) is 0 Å². The monoisotopic (exact) mass is 333 g/mol. The molecular formula is C11H10F3N5O4. The predicted molar refractivity (Wildman–Crippen MR) is 72.9 cm³/mol. The van der Waals surface area contributed by atoms with Gasteiger partial charge in [-0.25, -0.2) is 0 Å². The van der Waals surface area contributed by atoms with Gasteiger partial charge in [-0.2, -0.15) is 18.4 Å². The zero-order chi connectivity index (χ0) is 17.9. The number of nitrogens with zero attached hydrogens (tertiary/aromatic N) is 4. The molecule has 0 fully saturated rings. The van der Waals surface area contributed by atoms with Crippen molar-refractivity contribution in [2.24, 2.45) is 0 Å². The van der Waals surface area contributed by atoms with Crippen molar-refractivity contribution in [3.05, 3.63) is 31.9 Å². The van der Waals surface area contributed by atoms with Gasteiger partial charge in [0.05, 0.1) is 15.4 Å². The van der Waals surface area contributed by atoms with Crippen LogP contribution in [0.3, 0.4) is 0 Å². The number of rotatable bonds is 5. The van der Waals surface area contributed by atoms with E-state index in [9.17, 15) is 33.4 Å². The SMILES string of the molecule is CCN(C)c1c([N+](=O)[O-])cc(C(F)(F)F)c(NC#N)c1[N+](=O)[O-]. The number of nitro benzene ring substituents is 2. The molecule has 0 amide bonds. The summed E-state index contributed by atoms with van der Waals surface area (Å²) in [6.45, 7) is 1.56. The molecule has 1 aromatic carbocycles. The van der Waals surface area contributed by atoms with Crippen LogP contribution in [0.1, 0.15) is 12.5 Å². The van der Waals surface area contributed by atoms with Crippen molar-refractivity contribution < 1.29 is 23.0 Å². The number of halogens is 3. The van der Waals surface area contributed by atoms with Gasteiger partial charge >= 0.3 is 11.9 Å². The predicted octanol–water partition coefficient (Wildman–Crippen LogP) is 2.87. The molecule has 124 valence electrons. The van der Waals surface area contributed by atoms with E-state index in [2.05, 4.69) is 0 Å². The number of hydrogen-bond donors (Lipinski definition) is 1. The maximum atomic E-state index is 13.1. The summed E-state index contributed by atoms with van der Waals surface area (Å²) in [5.41, 5.74) is -5.67. The van der Waals surface area contributed by atoms with E-state index in [4.69, 9.17) is 5.26 Å². The third-order valence-corrected chi connectivity index (χ3v) is 2.98. The van der Waals surface area contributed by atoms with E-state index >= 15 is 0 Å². The second-order valence-corrected chi connectivity index (χ2v) is 4.28. The molecule has 1 N–H and O–H groups in total. The van der Waals surface area contributed by atoms with E-state index in [0.29, 0.717) is 0 Å². The third kappa shape index (κ3) is 3.39. The van der Waals surface area contributed by atoms with Crippen molar-refractivity contribution in [1.82, 2.24) is 0 Å². The number of nitro groups is 2. The van der Waals surface area contributed by atoms with Gasteiger partial charge in [-0.3, -0.25) is 25.5 Å². The first-order chi connectivity index (χ1) is 10.6. The second-order valence-electron chi connectivity index (χ2n) is 4.28. The number of anilines is 2. The number of benzene rings is 1. The van der Waals surface area contributed by atoms with Gasteiger partial charge in [0.25, 0.3) is 5.69 Å². The minimum Gasteiger partial charge on any atom is -0.364 e. The summed E-state index contributed by atoms with van der Waals surface area (Å²) < 4.78 is 39.2. The van der Waals surface area contributed by atoms with E-state index in [-0.39, 0.29) is 12.6 Å². The summed E-state index contributed by atoms with van der Waals surface area (Å²) in [7, 11) is 1.25. The lowest BCUT2D eigenvalue weighted by Gasteiger charge is -2.20. The number of alkyl halides is 3. The molecule has 0 aliphatic heterocycles. The molecule has 0 unspecified atom stereocenters. The van der Waals surface area contributed by atoms with E-state index in [0.717, 1.165) is 4.90 Å². The summed E-state index contributed by atoms with van der Waals surface area (Å²) in [4.78, 5) is 21.0. The van der Waals surface area contributed by atoms with E-state index < -0.39 is 44.3 Å². The van der Waals surface area contributed by atoms with Gasteiger partial charge in [0, 0.05) is 19.7 Å². The highest BCUT2D eigenvalue weighted by Gasteiger charge is 2.43. The summed E-state index contributed by atoms with van der Waals surface area (Å²) in [5, 5.41) is 32.5. The average Bonchev–Trinajstić information content (AvgIpc) is 2.43. The van der Waals surface area contributed by atoms with Crippen LogP contribution >= 0.6 is 0 Å². The topological polar surface area (TPSA) is 125 Å². The van der Waals surface area contributed by atoms with Crippen LogP contribution in [0.2, 0.25) is 0 Å². The smallest absolute Gasteiger partial charge is 0.364 e. The molecule has 23 heavy (non-hydrogen) atoms. The molecule has 1 aromatic rings. The number of hydrogen-bond acceptors (Lipinski definition) is 7. The van der Waals surface area contributed by atoms with Crippen LogP contribution in [0.5, 0.6) is 0 Å². The van der Waals surface area contributed by atoms with E-state index in [1.54, 1.807) is 5.32 Å². The van der Waals surface area contributed by atoms with Crippen LogP contribution in [-0.4, -0.2) is 23.4 Å². The lowest BCUT2D eigenvalue weighted by Crippen LogP contribution is -2.21. The zero-order valence-corrected chi connectivity index (χ0v) is 11.8. The van der Waals surface area contributed by atoms with Gasteiger partial charge in [0.1, 0.15) is 5.69 Å². The minimum atomic E-state index is -5.13. The van der Waals surface area contributed by atoms with Crippen molar-refractivity contribution in [1.29, 1.82) is 5.26 Å². The first-order valence-electron chi connectivity index (χ1n) is 5.99. The number of nitrogens with one attached hydrogen (secondary N) is 1. The molecule has 12 heteroatoms. The van der Waals surface area contributed by atoms with Gasteiger partial charge in [-0.05, 0) is 6.92 Å². The van der Waals surface area contributed by atoms with Crippen LogP contribution in [0, 0.1) is 31.7 Å². The Bertz CT molecular complexity index is 698. The maximum absolute atomic E-state index is 13.1. The highest BCUT2D eigenvalue weighted by Crippen LogP contribution is 2.49. The Hall–Kier alpha value is -3.10. The van der Waals surface area contributed by atoms with E-state index in [1.807, 2.05) is 0 Å². The normalized spacial score (nSPS) is 10.8. The van der Waals surface area contributed by atoms with Crippen molar-refractivity contribution in [2.45, 2.75) is 13.1 Å². The van der Waals surface area contributed by atoms with Crippen molar-refractivity contribution >= 4 is 22.7 Å². The fourth-order valence-corrected chi connectivity index (χ4v) is 1.90. The third-order valence-electron chi connectivity index (χ3n) is 2.98. The van der Waals surface area contributed by atoms with Gasteiger partial charge in [-0.15, -0.1) is 0 Å². The van der Waals surface area contributed by atoms with Crippen LogP contribution in [0.15, 0.2) is 6.07 Å². The summed E-state index contributed by atoms with van der Waals surface area (Å²) in [5.74, 6) is 0. The van der Waals surface area contributed by atoms with Crippen molar-refractivity contribution in [2.75, 3.05) is 23.8 Å². The Morgan fingerprint density at radius 1 is 1.35 bits per heavy atom. The Labute approximate surface area is 127 Å². The summed E-state index contributed by atoms with van der Waals surface area (Å²) in [6.07, 6.45) is -3.95. The molecule has 9 nitrogen and oxygen atoms in total. The first-order valence-corrected chi connectivity index (χ1v) is 5.99. The number of nitriles is 1. The maximum Gasteiger partial charge on any atom is 0.418 e. The molecule has 0 heterocycles. The van der Waals surface area contributed by atoms with Crippen LogP contribution in [0.25, 0.3) is 0 Å². The Kier molecular flexibility index (Phi) is 4.95. The molecule has 0 saturated heterocycles. The molecular weight excluding hydrogens is 323 g/mol. The second kappa shape index (κ2) is 6.34. The molecule has 0 spiro atoms. The van der Waals surface area contributed by atoms with Gasteiger partial charge in [-0.1, -0.05) is 0 Å². The fourth-order valence-electron chi connectivity index (χ4n) is 1.90. The quantitative estimate of drug-likeness (QED) is 0.380. The Morgan fingerprint density at radius 2 is 1.91 bits per heavy atom. The Balaban J connectivity index is 4.04. The molecule has 0 aliphatic rings. The zero-order valence-electron chi connectivity index (χ0n) is 11.8. The highest BCUT2D eigenvalue weighted by atomic mass is 19.4. The Morgan fingerprint density at radius 3 is 2.26 bits per heavy atom. The molecule has 0 atom stereocenters. The molecule has 0 saturated carbocycles. The summed E-state index contributed by atoms with van der Waals surface area (Å²) >= 11 is 0. The van der Waals surface area contributed by atoms with Crippen molar-refractivity contribution in [3.63, 3.8) is 0 Å². The standard InChI is InChI=1S/C11H10F3N5O4/c1-3-17(2)9-7(18(20)21)4-6(11(12,13)14)8(16-5-15)10(9)19(22)23/h4,16H,3H2,1-2H3. The average molecular weight is 333 g/mol. The molecule has 1 rings (SSSR count). The first kappa shape index (κ1) is 18.0. The van der Waals surface area contributed by atoms with Crippen LogP contribution in [0.4, 0.5) is 35.9 Å². The lowest BCUT2D eigenvalue weighted by molar-refractivity contribution is -0.392. The lowest BCUT2D eigenvalue weighted by atomic mass is 10.1. The molecule has 0 bridgehead atoms. The summed E-state index contributed by atoms with van der Waals surface area (Å²) in [6, 6.07) is 0.175. The van der Waals surface area contributed by atoms with Crippen molar-refractivity contribution in [3.8, 4) is 6.19 Å². The molecule has 0 aliphatic carbocycles. The van der Waals surface area contributed by atoms with Crippen LogP contribution in [-0.2, 0) is 6.18 Å². The largest absolute Gasteiger partial charge is 0.418 e.